The van der Waals surface area contributed by atoms with E-state index in [4.69, 9.17) is 5.73 Å². The van der Waals surface area contributed by atoms with Gasteiger partial charge in [0.1, 0.15) is 18.1 Å². The first kappa shape index (κ1) is 25.3. The number of carbonyl (C=O) groups is 4. The molecule has 2 heterocycles. The number of carboxylic acids is 1. The summed E-state index contributed by atoms with van der Waals surface area (Å²) in [4.78, 5) is 55.9. The second-order valence-corrected chi connectivity index (χ2v) is 7.91. The van der Waals surface area contributed by atoms with Crippen molar-refractivity contribution in [2.75, 3.05) is 13.1 Å². The molecule has 8 N–H and O–H groups in total. The smallest absolute Gasteiger partial charge is 0.326 e. The standard InChI is InChI=1S/C20H33N7O5/c1-12(17(28)27-16(20(31)32)9-13-10-22-11-24-13)25-19(30)15(5-2-3-7-21)26-18(29)14-6-4-8-23-14/h10-12,14-16,23H,2-9,21H2,1H3,(H,22,24)(H,25,30)(H,26,29)(H,27,28)(H,31,32). The monoisotopic (exact) mass is 451 g/mol. The minimum atomic E-state index is -1.21. The van der Waals surface area contributed by atoms with Crippen molar-refractivity contribution >= 4 is 23.7 Å². The van der Waals surface area contributed by atoms with E-state index in [0.29, 0.717) is 37.9 Å². The highest BCUT2D eigenvalue weighted by molar-refractivity contribution is 5.94. The molecular weight excluding hydrogens is 418 g/mol. The number of hydrogen-bond acceptors (Lipinski definition) is 7. The molecule has 1 saturated heterocycles. The number of nitrogens with zero attached hydrogens (tertiary/aromatic N) is 1. The second-order valence-electron chi connectivity index (χ2n) is 7.91. The van der Waals surface area contributed by atoms with Crippen molar-refractivity contribution in [2.24, 2.45) is 5.73 Å². The maximum absolute atomic E-state index is 12.8. The third-order valence-corrected chi connectivity index (χ3v) is 5.30. The molecule has 0 aromatic carbocycles. The van der Waals surface area contributed by atoms with Crippen LogP contribution in [0.5, 0.6) is 0 Å². The van der Waals surface area contributed by atoms with E-state index in [2.05, 4.69) is 31.2 Å². The van der Waals surface area contributed by atoms with Crippen LogP contribution in [0.2, 0.25) is 0 Å². The van der Waals surface area contributed by atoms with Crippen molar-refractivity contribution in [1.29, 1.82) is 0 Å². The van der Waals surface area contributed by atoms with Gasteiger partial charge in [0.05, 0.1) is 12.4 Å². The molecule has 0 radical (unpaired) electrons. The third-order valence-electron chi connectivity index (χ3n) is 5.30. The second kappa shape index (κ2) is 12.8. The molecule has 0 aliphatic carbocycles. The Bertz CT molecular complexity index is 764. The Morgan fingerprint density at radius 3 is 2.56 bits per heavy atom. The first-order valence-electron chi connectivity index (χ1n) is 10.9. The van der Waals surface area contributed by atoms with Gasteiger partial charge >= 0.3 is 5.97 Å². The van der Waals surface area contributed by atoms with E-state index in [9.17, 15) is 24.3 Å². The number of amides is 3. The van der Waals surface area contributed by atoms with Crippen molar-refractivity contribution in [3.63, 3.8) is 0 Å². The molecule has 32 heavy (non-hydrogen) atoms. The number of carboxylic acid groups (broad SMARTS) is 1. The van der Waals surface area contributed by atoms with Gasteiger partial charge in [-0.1, -0.05) is 0 Å². The molecule has 3 amide bonds. The SMILES string of the molecule is CC(NC(=O)C(CCCCN)NC(=O)C1CCCN1)C(=O)NC(Cc1cnc[nH]1)C(=O)O. The summed E-state index contributed by atoms with van der Waals surface area (Å²) in [5.74, 6) is -2.60. The molecule has 0 spiro atoms. The lowest BCUT2D eigenvalue weighted by atomic mass is 10.1. The van der Waals surface area contributed by atoms with Crippen LogP contribution in [0.25, 0.3) is 0 Å². The molecule has 1 aliphatic rings. The Hall–Kier alpha value is -2.99. The lowest BCUT2D eigenvalue weighted by Gasteiger charge is -2.23. The number of carbonyl (C=O) groups excluding carboxylic acids is 3. The van der Waals surface area contributed by atoms with E-state index in [0.717, 1.165) is 13.0 Å². The number of aliphatic carboxylic acids is 1. The van der Waals surface area contributed by atoms with Crippen molar-refractivity contribution in [2.45, 2.75) is 69.6 Å². The van der Waals surface area contributed by atoms with Crippen LogP contribution in [0.15, 0.2) is 12.5 Å². The molecule has 1 aromatic rings. The minimum absolute atomic E-state index is 0.0217. The van der Waals surface area contributed by atoms with Crippen LogP contribution in [-0.4, -0.2) is 76.0 Å². The number of H-pyrrole nitrogens is 1. The normalized spacial score (nSPS) is 18.4. The van der Waals surface area contributed by atoms with Crippen molar-refractivity contribution < 1.29 is 24.3 Å². The zero-order valence-electron chi connectivity index (χ0n) is 18.2. The number of imidazole rings is 1. The summed E-state index contributed by atoms with van der Waals surface area (Å²) in [5.41, 5.74) is 6.08. The molecule has 2 rings (SSSR count). The molecule has 0 bridgehead atoms. The lowest BCUT2D eigenvalue weighted by Crippen LogP contribution is -2.56. The topological polar surface area (TPSA) is 191 Å². The van der Waals surface area contributed by atoms with Gasteiger partial charge < -0.3 is 37.1 Å². The molecule has 1 fully saturated rings. The van der Waals surface area contributed by atoms with E-state index in [-0.39, 0.29) is 18.4 Å². The summed E-state index contributed by atoms with van der Waals surface area (Å²) in [6.07, 6.45) is 6.23. The summed E-state index contributed by atoms with van der Waals surface area (Å²) in [5, 5.41) is 20.2. The Labute approximate surface area is 186 Å². The molecule has 178 valence electrons. The molecule has 1 aromatic heterocycles. The van der Waals surface area contributed by atoms with Crippen LogP contribution >= 0.6 is 0 Å². The van der Waals surface area contributed by atoms with E-state index in [1.165, 1.54) is 19.4 Å². The molecule has 0 saturated carbocycles. The zero-order chi connectivity index (χ0) is 23.5. The average molecular weight is 452 g/mol. The predicted octanol–water partition coefficient (Wildman–Crippen LogP) is -1.61. The van der Waals surface area contributed by atoms with Crippen LogP contribution in [0.3, 0.4) is 0 Å². The van der Waals surface area contributed by atoms with Crippen molar-refractivity contribution in [1.82, 2.24) is 31.2 Å². The number of hydrogen-bond donors (Lipinski definition) is 7. The van der Waals surface area contributed by atoms with E-state index in [1.807, 2.05) is 0 Å². The fourth-order valence-electron chi connectivity index (χ4n) is 3.43. The summed E-state index contributed by atoms with van der Waals surface area (Å²) < 4.78 is 0. The van der Waals surface area contributed by atoms with Gasteiger partial charge in [0.25, 0.3) is 0 Å². The summed E-state index contributed by atoms with van der Waals surface area (Å²) >= 11 is 0. The lowest BCUT2D eigenvalue weighted by molar-refractivity contribution is -0.142. The highest BCUT2D eigenvalue weighted by atomic mass is 16.4. The van der Waals surface area contributed by atoms with Gasteiger partial charge in [-0.05, 0) is 52.1 Å². The molecular formula is C20H33N7O5. The summed E-state index contributed by atoms with van der Waals surface area (Å²) in [7, 11) is 0. The largest absolute Gasteiger partial charge is 0.480 e. The molecule has 12 heteroatoms. The Morgan fingerprint density at radius 2 is 1.97 bits per heavy atom. The predicted molar refractivity (Wildman–Crippen MR) is 115 cm³/mol. The molecule has 1 aliphatic heterocycles. The Morgan fingerprint density at radius 1 is 1.19 bits per heavy atom. The Balaban J connectivity index is 1.93. The quantitative estimate of drug-likeness (QED) is 0.174. The first-order chi connectivity index (χ1) is 15.3. The van der Waals surface area contributed by atoms with Gasteiger partial charge in [-0.25, -0.2) is 9.78 Å². The highest BCUT2D eigenvalue weighted by Crippen LogP contribution is 2.08. The van der Waals surface area contributed by atoms with Gasteiger partial charge in [0.2, 0.25) is 17.7 Å². The maximum atomic E-state index is 12.8. The first-order valence-corrected chi connectivity index (χ1v) is 10.9. The zero-order valence-corrected chi connectivity index (χ0v) is 18.2. The Kier molecular flexibility index (Phi) is 10.1. The molecule has 4 atom stereocenters. The van der Waals surface area contributed by atoms with Crippen LogP contribution in [-0.2, 0) is 25.6 Å². The van der Waals surface area contributed by atoms with E-state index >= 15 is 0 Å². The average Bonchev–Trinajstić information content (AvgIpc) is 3.46. The van der Waals surface area contributed by atoms with E-state index in [1.54, 1.807) is 0 Å². The third kappa shape index (κ3) is 7.93. The number of nitrogens with one attached hydrogen (secondary N) is 5. The number of aromatic amines is 1. The highest BCUT2D eigenvalue weighted by Gasteiger charge is 2.29. The number of unbranched alkanes of at least 4 members (excludes halogenated alkanes) is 1. The van der Waals surface area contributed by atoms with Gasteiger partial charge in [-0.15, -0.1) is 0 Å². The van der Waals surface area contributed by atoms with Gasteiger partial charge in [-0.2, -0.15) is 0 Å². The van der Waals surface area contributed by atoms with Crippen molar-refractivity contribution in [3.05, 3.63) is 18.2 Å². The summed E-state index contributed by atoms with van der Waals surface area (Å²) in [6, 6.07) is -3.33. The number of aromatic nitrogens is 2. The van der Waals surface area contributed by atoms with Crippen LogP contribution < -0.4 is 27.0 Å². The van der Waals surface area contributed by atoms with Crippen molar-refractivity contribution in [3.8, 4) is 0 Å². The number of rotatable bonds is 13. The maximum Gasteiger partial charge on any atom is 0.326 e. The molecule has 12 nitrogen and oxygen atoms in total. The van der Waals surface area contributed by atoms with Crippen LogP contribution in [0, 0.1) is 0 Å². The fourth-order valence-corrected chi connectivity index (χ4v) is 3.43. The van der Waals surface area contributed by atoms with E-state index < -0.39 is 35.9 Å². The van der Waals surface area contributed by atoms with Gasteiger partial charge in [0.15, 0.2) is 0 Å². The van der Waals surface area contributed by atoms with Crippen LogP contribution in [0.4, 0.5) is 0 Å². The van der Waals surface area contributed by atoms with Gasteiger partial charge in [0, 0.05) is 18.3 Å². The van der Waals surface area contributed by atoms with Gasteiger partial charge in [-0.3, -0.25) is 14.4 Å². The fraction of sp³-hybridized carbons (Fsp3) is 0.650. The van der Waals surface area contributed by atoms with Crippen LogP contribution in [0.1, 0.15) is 44.7 Å². The summed E-state index contributed by atoms with van der Waals surface area (Å²) in [6.45, 7) is 2.68. The number of nitrogens with two attached hydrogens (primary N) is 1. The molecule has 4 unspecified atom stereocenters. The minimum Gasteiger partial charge on any atom is -0.480 e.